The fourth-order valence-corrected chi connectivity index (χ4v) is 3.06. The summed E-state index contributed by atoms with van der Waals surface area (Å²) in [7, 11) is 0. The Morgan fingerprint density at radius 3 is 1.85 bits per heavy atom. The highest BCUT2D eigenvalue weighted by Crippen LogP contribution is 2.26. The number of benzene rings is 3. The number of carbonyl (C=O) groups excluding carboxylic acids is 1. The van der Waals surface area contributed by atoms with E-state index >= 15 is 0 Å². The molecule has 0 heterocycles. The van der Waals surface area contributed by atoms with E-state index in [-0.39, 0.29) is 11.8 Å². The van der Waals surface area contributed by atoms with Gasteiger partial charge in [-0.3, -0.25) is 4.79 Å². The van der Waals surface area contributed by atoms with Gasteiger partial charge in [0.2, 0.25) is 0 Å². The minimum absolute atomic E-state index is 0.00503. The van der Waals surface area contributed by atoms with Crippen molar-refractivity contribution in [1.82, 2.24) is 5.43 Å². The molecule has 1 amide bonds. The Labute approximate surface area is 154 Å². The molecule has 0 saturated heterocycles. The van der Waals surface area contributed by atoms with Crippen LogP contribution in [-0.4, -0.2) is 11.6 Å². The van der Waals surface area contributed by atoms with E-state index in [0.29, 0.717) is 5.56 Å². The van der Waals surface area contributed by atoms with E-state index < -0.39 is 0 Å². The third-order valence-electron chi connectivity index (χ3n) is 4.41. The Morgan fingerprint density at radius 1 is 0.808 bits per heavy atom. The Balaban J connectivity index is 1.88. The van der Waals surface area contributed by atoms with Crippen molar-refractivity contribution in [2.24, 2.45) is 5.10 Å². The van der Waals surface area contributed by atoms with Crippen LogP contribution in [-0.2, 0) is 0 Å². The van der Waals surface area contributed by atoms with Crippen LogP contribution in [0.1, 0.15) is 39.9 Å². The molecular weight excluding hydrogens is 320 g/mol. The van der Waals surface area contributed by atoms with Gasteiger partial charge in [-0.1, -0.05) is 78.9 Å². The van der Waals surface area contributed by atoms with Gasteiger partial charge in [0.1, 0.15) is 0 Å². The monoisotopic (exact) mass is 342 g/mol. The van der Waals surface area contributed by atoms with E-state index in [4.69, 9.17) is 0 Å². The van der Waals surface area contributed by atoms with Crippen molar-refractivity contribution < 1.29 is 4.79 Å². The van der Waals surface area contributed by atoms with Crippen molar-refractivity contribution in [2.45, 2.75) is 19.8 Å². The summed E-state index contributed by atoms with van der Waals surface area (Å²) in [4.78, 5) is 12.4. The quantitative estimate of drug-likeness (QED) is 0.518. The Kier molecular flexibility index (Phi) is 5.59. The molecule has 0 spiro atoms. The van der Waals surface area contributed by atoms with Crippen molar-refractivity contribution in [3.63, 3.8) is 0 Å². The number of carbonyl (C=O) groups is 1. The number of amides is 1. The summed E-state index contributed by atoms with van der Waals surface area (Å²) in [5.41, 5.74) is 7.40. The molecule has 3 aromatic rings. The molecule has 130 valence electrons. The average Bonchev–Trinajstić information content (AvgIpc) is 2.68. The second-order valence-electron chi connectivity index (χ2n) is 6.26. The van der Waals surface area contributed by atoms with E-state index in [1.54, 1.807) is 6.07 Å². The molecule has 0 atom stereocenters. The third-order valence-corrected chi connectivity index (χ3v) is 4.41. The largest absolute Gasteiger partial charge is 0.271 e. The fourth-order valence-electron chi connectivity index (χ4n) is 3.06. The normalized spacial score (nSPS) is 11.4. The smallest absolute Gasteiger partial charge is 0.267 e. The first-order valence-corrected chi connectivity index (χ1v) is 8.67. The Bertz CT molecular complexity index is 862. The predicted octanol–water partition coefficient (Wildman–Crippen LogP) is 4.93. The molecular formula is C23H22N2O. The van der Waals surface area contributed by atoms with Gasteiger partial charge in [-0.05, 0) is 36.6 Å². The lowest BCUT2D eigenvalue weighted by Gasteiger charge is -2.18. The standard InChI is InChI=1S/C23H22N2O/c1-17-11-9-10-16-21(17)23(26)25-24-18(2)22(19-12-5-3-6-13-19)20-14-7-4-8-15-20/h3-16,22H,1-2H3,(H,25,26)/b24-18+. The molecule has 0 bridgehead atoms. The first-order valence-electron chi connectivity index (χ1n) is 8.67. The average molecular weight is 342 g/mol. The molecule has 3 aromatic carbocycles. The van der Waals surface area contributed by atoms with Gasteiger partial charge in [0, 0.05) is 17.2 Å². The van der Waals surface area contributed by atoms with Crippen LogP contribution < -0.4 is 5.43 Å². The van der Waals surface area contributed by atoms with Crippen LogP contribution in [0.3, 0.4) is 0 Å². The van der Waals surface area contributed by atoms with Gasteiger partial charge < -0.3 is 0 Å². The predicted molar refractivity (Wildman–Crippen MR) is 106 cm³/mol. The van der Waals surface area contributed by atoms with E-state index in [2.05, 4.69) is 34.8 Å². The van der Waals surface area contributed by atoms with Crippen LogP contribution in [0, 0.1) is 6.92 Å². The number of aryl methyl sites for hydroxylation is 1. The van der Waals surface area contributed by atoms with Crippen molar-refractivity contribution in [3.05, 3.63) is 107 Å². The van der Waals surface area contributed by atoms with Gasteiger partial charge in [-0.25, -0.2) is 5.43 Å². The summed E-state index contributed by atoms with van der Waals surface area (Å²) in [5, 5.41) is 4.41. The van der Waals surface area contributed by atoms with E-state index in [1.807, 2.05) is 68.4 Å². The summed E-state index contributed by atoms with van der Waals surface area (Å²) >= 11 is 0. The van der Waals surface area contributed by atoms with Crippen LogP contribution in [0.2, 0.25) is 0 Å². The molecule has 3 heteroatoms. The molecule has 3 nitrogen and oxygen atoms in total. The maximum atomic E-state index is 12.4. The molecule has 0 aromatic heterocycles. The molecule has 0 fully saturated rings. The highest BCUT2D eigenvalue weighted by atomic mass is 16.2. The minimum Gasteiger partial charge on any atom is -0.267 e. The second kappa shape index (κ2) is 8.26. The maximum absolute atomic E-state index is 12.4. The van der Waals surface area contributed by atoms with E-state index in [0.717, 1.165) is 22.4 Å². The zero-order valence-corrected chi connectivity index (χ0v) is 15.0. The number of rotatable bonds is 5. The molecule has 0 saturated carbocycles. The summed E-state index contributed by atoms with van der Waals surface area (Å²) < 4.78 is 0. The first-order chi connectivity index (χ1) is 12.7. The molecule has 0 aliphatic rings. The van der Waals surface area contributed by atoms with Gasteiger partial charge >= 0.3 is 0 Å². The minimum atomic E-state index is -0.192. The lowest BCUT2D eigenvalue weighted by Crippen LogP contribution is -2.22. The van der Waals surface area contributed by atoms with Gasteiger partial charge in [-0.2, -0.15) is 5.10 Å². The SMILES string of the molecule is C/C(=N\NC(=O)c1ccccc1C)C(c1ccccc1)c1ccccc1. The number of nitrogens with one attached hydrogen (secondary N) is 1. The van der Waals surface area contributed by atoms with E-state index in [9.17, 15) is 4.79 Å². The summed E-state index contributed by atoms with van der Waals surface area (Å²) in [5.74, 6) is -0.197. The van der Waals surface area contributed by atoms with Gasteiger partial charge in [0.15, 0.2) is 0 Å². The lowest BCUT2D eigenvalue weighted by atomic mass is 9.88. The Hall–Kier alpha value is -3.20. The number of hydrogen-bond donors (Lipinski definition) is 1. The zero-order valence-electron chi connectivity index (χ0n) is 15.0. The fraction of sp³-hybridized carbons (Fsp3) is 0.130. The van der Waals surface area contributed by atoms with Crippen molar-refractivity contribution in [3.8, 4) is 0 Å². The summed E-state index contributed by atoms with van der Waals surface area (Å²) in [6.07, 6.45) is 0. The third kappa shape index (κ3) is 4.06. The van der Waals surface area contributed by atoms with Gasteiger partial charge in [0.25, 0.3) is 5.91 Å². The number of hydrogen-bond acceptors (Lipinski definition) is 2. The zero-order chi connectivity index (χ0) is 18.4. The first kappa shape index (κ1) is 17.6. The molecule has 0 unspecified atom stereocenters. The summed E-state index contributed by atoms with van der Waals surface area (Å²) in [6.45, 7) is 3.87. The highest BCUT2D eigenvalue weighted by molar-refractivity contribution is 5.98. The number of nitrogens with zero attached hydrogens (tertiary/aromatic N) is 1. The van der Waals surface area contributed by atoms with Crippen LogP contribution in [0.15, 0.2) is 90.0 Å². The topological polar surface area (TPSA) is 41.5 Å². The molecule has 0 radical (unpaired) electrons. The number of hydrazone groups is 1. The summed E-state index contributed by atoms with van der Waals surface area (Å²) in [6, 6.07) is 27.9. The molecule has 0 aliphatic heterocycles. The van der Waals surface area contributed by atoms with E-state index in [1.165, 1.54) is 0 Å². The van der Waals surface area contributed by atoms with Crippen LogP contribution in [0.5, 0.6) is 0 Å². The van der Waals surface area contributed by atoms with Crippen LogP contribution >= 0.6 is 0 Å². The molecule has 26 heavy (non-hydrogen) atoms. The Morgan fingerprint density at radius 2 is 1.31 bits per heavy atom. The van der Waals surface area contributed by atoms with Gasteiger partial charge in [-0.15, -0.1) is 0 Å². The van der Waals surface area contributed by atoms with Crippen molar-refractivity contribution >= 4 is 11.6 Å². The highest BCUT2D eigenvalue weighted by Gasteiger charge is 2.18. The van der Waals surface area contributed by atoms with Crippen molar-refractivity contribution in [2.75, 3.05) is 0 Å². The van der Waals surface area contributed by atoms with Crippen molar-refractivity contribution in [1.29, 1.82) is 0 Å². The second-order valence-corrected chi connectivity index (χ2v) is 6.26. The van der Waals surface area contributed by atoms with Crippen LogP contribution in [0.4, 0.5) is 0 Å². The maximum Gasteiger partial charge on any atom is 0.271 e. The lowest BCUT2D eigenvalue weighted by molar-refractivity contribution is 0.0954. The molecule has 1 N–H and O–H groups in total. The molecule has 3 rings (SSSR count). The molecule has 0 aliphatic carbocycles. The van der Waals surface area contributed by atoms with Crippen LogP contribution in [0.25, 0.3) is 0 Å². The van der Waals surface area contributed by atoms with Gasteiger partial charge in [0.05, 0.1) is 0 Å².